The summed E-state index contributed by atoms with van der Waals surface area (Å²) in [7, 11) is 2.05. The Labute approximate surface area is 149 Å². The van der Waals surface area contributed by atoms with Crippen molar-refractivity contribution in [3.05, 3.63) is 65.7 Å². The van der Waals surface area contributed by atoms with Crippen molar-refractivity contribution in [1.29, 1.82) is 0 Å². The first-order chi connectivity index (χ1) is 12.2. The zero-order valence-electron chi connectivity index (χ0n) is 14.6. The minimum Gasteiger partial charge on any atom is -0.491 e. The van der Waals surface area contributed by atoms with E-state index in [1.54, 1.807) is 0 Å². The number of para-hydroxylation sites is 1. The number of benzene rings is 2. The lowest BCUT2D eigenvalue weighted by Crippen LogP contribution is -2.48. The summed E-state index contributed by atoms with van der Waals surface area (Å²) < 4.78 is 5.70. The van der Waals surface area contributed by atoms with Gasteiger partial charge in [-0.05, 0) is 30.7 Å². The molecule has 0 radical (unpaired) electrons. The molecular formula is C20H25N3O2. The van der Waals surface area contributed by atoms with Crippen LogP contribution in [-0.4, -0.2) is 43.7 Å². The van der Waals surface area contributed by atoms with Gasteiger partial charge in [-0.15, -0.1) is 0 Å². The number of rotatable bonds is 6. The second-order valence-corrected chi connectivity index (χ2v) is 6.44. The Balaban J connectivity index is 1.36. The smallest absolute Gasteiger partial charge is 0.315 e. The summed E-state index contributed by atoms with van der Waals surface area (Å²) in [5, 5.41) is 5.91. The van der Waals surface area contributed by atoms with Crippen molar-refractivity contribution in [3.8, 4) is 5.75 Å². The Morgan fingerprint density at radius 1 is 1.16 bits per heavy atom. The van der Waals surface area contributed by atoms with Crippen molar-refractivity contribution >= 4 is 6.03 Å². The Morgan fingerprint density at radius 2 is 1.92 bits per heavy atom. The fourth-order valence-electron chi connectivity index (χ4n) is 2.99. The van der Waals surface area contributed by atoms with Crippen LogP contribution in [0.15, 0.2) is 54.6 Å². The van der Waals surface area contributed by atoms with E-state index in [2.05, 4.69) is 34.7 Å². The minimum absolute atomic E-state index is 0.0111. The van der Waals surface area contributed by atoms with E-state index in [9.17, 15) is 4.79 Å². The Hall–Kier alpha value is -2.53. The monoisotopic (exact) mass is 339 g/mol. The van der Waals surface area contributed by atoms with Crippen molar-refractivity contribution in [2.45, 2.75) is 19.0 Å². The first-order valence-electron chi connectivity index (χ1n) is 8.68. The van der Waals surface area contributed by atoms with Crippen LogP contribution >= 0.6 is 0 Å². The SMILES string of the molecule is CN(CCNC(=O)N[C@@H]1COc2ccccc2C1)Cc1ccccc1. The summed E-state index contributed by atoms with van der Waals surface area (Å²) in [4.78, 5) is 14.3. The van der Waals surface area contributed by atoms with Crippen molar-refractivity contribution in [2.75, 3.05) is 26.7 Å². The fraction of sp³-hybridized carbons (Fsp3) is 0.350. The van der Waals surface area contributed by atoms with Gasteiger partial charge in [-0.25, -0.2) is 4.79 Å². The Morgan fingerprint density at radius 3 is 2.76 bits per heavy atom. The third-order valence-electron chi connectivity index (χ3n) is 4.29. The minimum atomic E-state index is -0.138. The third kappa shape index (κ3) is 5.22. The van der Waals surface area contributed by atoms with E-state index in [0.29, 0.717) is 13.2 Å². The van der Waals surface area contributed by atoms with Crippen LogP contribution < -0.4 is 15.4 Å². The van der Waals surface area contributed by atoms with Crippen LogP contribution in [0.4, 0.5) is 4.79 Å². The van der Waals surface area contributed by atoms with Crippen LogP contribution in [0.2, 0.25) is 0 Å². The van der Waals surface area contributed by atoms with E-state index >= 15 is 0 Å². The van der Waals surface area contributed by atoms with Crippen LogP contribution in [0.5, 0.6) is 5.75 Å². The number of ether oxygens (including phenoxy) is 1. The van der Waals surface area contributed by atoms with Crippen molar-refractivity contribution in [1.82, 2.24) is 15.5 Å². The van der Waals surface area contributed by atoms with E-state index in [1.807, 2.05) is 42.5 Å². The first kappa shape index (κ1) is 17.3. The first-order valence-corrected chi connectivity index (χ1v) is 8.68. The molecule has 0 saturated carbocycles. The van der Waals surface area contributed by atoms with Crippen LogP contribution in [0.3, 0.4) is 0 Å². The lowest BCUT2D eigenvalue weighted by atomic mass is 10.0. The lowest BCUT2D eigenvalue weighted by molar-refractivity contribution is 0.213. The molecule has 0 aromatic heterocycles. The molecule has 2 N–H and O–H groups in total. The molecule has 0 bridgehead atoms. The molecule has 1 atom stereocenters. The number of carbonyl (C=O) groups excluding carboxylic acids is 1. The molecule has 0 spiro atoms. The van der Waals surface area contributed by atoms with Gasteiger partial charge in [0.25, 0.3) is 0 Å². The predicted octanol–water partition coefficient (Wildman–Crippen LogP) is 2.42. The van der Waals surface area contributed by atoms with Crippen molar-refractivity contribution < 1.29 is 9.53 Å². The van der Waals surface area contributed by atoms with E-state index in [0.717, 1.165) is 30.8 Å². The van der Waals surface area contributed by atoms with Gasteiger partial charge in [0.1, 0.15) is 12.4 Å². The maximum atomic E-state index is 12.1. The van der Waals surface area contributed by atoms with Gasteiger partial charge in [0, 0.05) is 19.6 Å². The number of carbonyl (C=O) groups is 1. The number of nitrogens with one attached hydrogen (secondary N) is 2. The number of urea groups is 1. The van der Waals surface area contributed by atoms with Gasteiger partial charge in [-0.2, -0.15) is 0 Å². The molecule has 2 aromatic rings. The van der Waals surface area contributed by atoms with Gasteiger partial charge in [0.05, 0.1) is 6.04 Å². The van der Waals surface area contributed by atoms with Crippen molar-refractivity contribution in [3.63, 3.8) is 0 Å². The number of fused-ring (bicyclic) bond motifs is 1. The molecule has 0 aliphatic carbocycles. The van der Waals surface area contributed by atoms with Crippen LogP contribution in [-0.2, 0) is 13.0 Å². The highest BCUT2D eigenvalue weighted by molar-refractivity contribution is 5.74. The number of hydrogen-bond donors (Lipinski definition) is 2. The Bertz CT molecular complexity index is 690. The number of hydrogen-bond acceptors (Lipinski definition) is 3. The van der Waals surface area contributed by atoms with E-state index in [-0.39, 0.29) is 12.1 Å². The normalized spacial score (nSPS) is 16.0. The van der Waals surface area contributed by atoms with Crippen molar-refractivity contribution in [2.24, 2.45) is 0 Å². The standard InChI is InChI=1S/C20H25N3O2/c1-23(14-16-7-3-2-4-8-16)12-11-21-20(24)22-18-13-17-9-5-6-10-19(17)25-15-18/h2-10,18H,11-15H2,1H3,(H2,21,22,24)/t18-/m0/s1. The summed E-state index contributed by atoms with van der Waals surface area (Å²) in [6, 6.07) is 18.2. The van der Waals surface area contributed by atoms with Gasteiger partial charge >= 0.3 is 6.03 Å². The molecule has 25 heavy (non-hydrogen) atoms. The van der Waals surface area contributed by atoms with Gasteiger partial charge in [-0.3, -0.25) is 0 Å². The third-order valence-corrected chi connectivity index (χ3v) is 4.29. The highest BCUT2D eigenvalue weighted by Gasteiger charge is 2.20. The molecular weight excluding hydrogens is 314 g/mol. The zero-order valence-corrected chi connectivity index (χ0v) is 14.6. The largest absolute Gasteiger partial charge is 0.491 e. The molecule has 5 nitrogen and oxygen atoms in total. The highest BCUT2D eigenvalue weighted by atomic mass is 16.5. The Kier molecular flexibility index (Phi) is 5.90. The molecule has 2 amide bonds. The second-order valence-electron chi connectivity index (χ2n) is 6.44. The fourth-order valence-corrected chi connectivity index (χ4v) is 2.99. The summed E-state index contributed by atoms with van der Waals surface area (Å²) in [5.41, 5.74) is 2.41. The lowest BCUT2D eigenvalue weighted by Gasteiger charge is -2.26. The maximum Gasteiger partial charge on any atom is 0.315 e. The van der Waals surface area contributed by atoms with E-state index < -0.39 is 0 Å². The highest BCUT2D eigenvalue weighted by Crippen LogP contribution is 2.23. The van der Waals surface area contributed by atoms with Gasteiger partial charge in [-0.1, -0.05) is 48.5 Å². The van der Waals surface area contributed by atoms with Crippen LogP contribution in [0.25, 0.3) is 0 Å². The molecule has 1 aliphatic rings. The number of amides is 2. The molecule has 5 heteroatoms. The van der Waals surface area contributed by atoms with E-state index in [1.165, 1.54) is 5.56 Å². The summed E-state index contributed by atoms with van der Waals surface area (Å²) in [6.07, 6.45) is 0.803. The molecule has 0 fully saturated rings. The average Bonchev–Trinajstić information content (AvgIpc) is 2.62. The molecule has 0 saturated heterocycles. The molecule has 2 aromatic carbocycles. The maximum absolute atomic E-state index is 12.1. The number of nitrogens with zero attached hydrogens (tertiary/aromatic N) is 1. The number of likely N-dealkylation sites (N-methyl/N-ethyl adjacent to an activating group) is 1. The molecule has 1 aliphatic heterocycles. The average molecular weight is 339 g/mol. The predicted molar refractivity (Wildman–Crippen MR) is 98.7 cm³/mol. The van der Waals surface area contributed by atoms with E-state index in [4.69, 9.17) is 4.74 Å². The quantitative estimate of drug-likeness (QED) is 0.850. The molecule has 132 valence electrons. The topological polar surface area (TPSA) is 53.6 Å². The van der Waals surface area contributed by atoms with Crippen LogP contribution in [0.1, 0.15) is 11.1 Å². The van der Waals surface area contributed by atoms with Gasteiger partial charge in [0.15, 0.2) is 0 Å². The second kappa shape index (κ2) is 8.53. The van der Waals surface area contributed by atoms with Gasteiger partial charge < -0.3 is 20.3 Å². The molecule has 1 heterocycles. The molecule has 0 unspecified atom stereocenters. The summed E-state index contributed by atoms with van der Waals surface area (Å²) >= 11 is 0. The van der Waals surface area contributed by atoms with Crippen LogP contribution in [0, 0.1) is 0 Å². The van der Waals surface area contributed by atoms with Gasteiger partial charge in [0.2, 0.25) is 0 Å². The molecule has 3 rings (SSSR count). The summed E-state index contributed by atoms with van der Waals surface area (Å²) in [5.74, 6) is 0.920. The summed E-state index contributed by atoms with van der Waals surface area (Å²) in [6.45, 7) is 2.79. The zero-order chi connectivity index (χ0) is 17.5.